The Morgan fingerprint density at radius 1 is 1.20 bits per heavy atom. The van der Waals surface area contributed by atoms with Crippen molar-refractivity contribution in [1.82, 2.24) is 4.90 Å². The smallest absolute Gasteiger partial charge is 0.238 e. The molecular weight excluding hydrogens is 379 g/mol. The topological polar surface area (TPSA) is 32.3 Å². The van der Waals surface area contributed by atoms with Gasteiger partial charge in [-0.3, -0.25) is 9.69 Å². The lowest BCUT2D eigenvalue weighted by molar-refractivity contribution is -0.117. The lowest BCUT2D eigenvalue weighted by Crippen LogP contribution is -2.35. The molecule has 1 aliphatic rings. The van der Waals surface area contributed by atoms with E-state index in [2.05, 4.69) is 34.5 Å². The number of nitrogens with zero attached hydrogens (tertiary/aromatic N) is 1. The first-order chi connectivity index (χ1) is 12.0. The van der Waals surface area contributed by atoms with Crippen LogP contribution in [0.25, 0.3) is 0 Å². The molecule has 0 saturated carbocycles. The van der Waals surface area contributed by atoms with Crippen LogP contribution in [0, 0.1) is 0 Å². The molecule has 0 aromatic heterocycles. The third-order valence-corrected chi connectivity index (χ3v) is 5.35. The van der Waals surface area contributed by atoms with Crippen LogP contribution in [0.5, 0.6) is 0 Å². The van der Waals surface area contributed by atoms with Crippen molar-refractivity contribution in [3.8, 4) is 0 Å². The average molecular weight is 398 g/mol. The SMILES string of the molecule is CN(CC(=O)Nc1c(Cl)cc(Cl)cc1Cl)[C@H]1CCCc2ccccc21. The summed E-state index contributed by atoms with van der Waals surface area (Å²) in [7, 11) is 1.97. The number of fused-ring (bicyclic) bond motifs is 1. The summed E-state index contributed by atoms with van der Waals surface area (Å²) in [4.78, 5) is 14.5. The predicted octanol–water partition coefficient (Wildman–Crippen LogP) is 5.59. The van der Waals surface area contributed by atoms with E-state index in [-0.39, 0.29) is 18.5 Å². The second-order valence-electron chi connectivity index (χ2n) is 6.31. The van der Waals surface area contributed by atoms with Crippen LogP contribution in [0.2, 0.25) is 15.1 Å². The molecule has 0 heterocycles. The third kappa shape index (κ3) is 4.29. The van der Waals surface area contributed by atoms with Crippen molar-refractivity contribution in [3.05, 3.63) is 62.6 Å². The van der Waals surface area contributed by atoms with Gasteiger partial charge in [0.1, 0.15) is 0 Å². The first kappa shape index (κ1) is 18.5. The molecule has 0 saturated heterocycles. The monoisotopic (exact) mass is 396 g/mol. The number of nitrogens with one attached hydrogen (secondary N) is 1. The normalized spacial score (nSPS) is 16.6. The molecule has 3 rings (SSSR count). The zero-order valence-electron chi connectivity index (χ0n) is 13.9. The Morgan fingerprint density at radius 3 is 2.60 bits per heavy atom. The van der Waals surface area contributed by atoms with Crippen molar-refractivity contribution >= 4 is 46.4 Å². The quantitative estimate of drug-likeness (QED) is 0.729. The predicted molar refractivity (Wildman–Crippen MR) is 105 cm³/mol. The highest BCUT2D eigenvalue weighted by Gasteiger charge is 2.25. The van der Waals surface area contributed by atoms with Gasteiger partial charge in [-0.2, -0.15) is 0 Å². The van der Waals surface area contributed by atoms with Crippen LogP contribution < -0.4 is 5.32 Å². The molecule has 3 nitrogen and oxygen atoms in total. The highest BCUT2D eigenvalue weighted by atomic mass is 35.5. The molecule has 0 spiro atoms. The molecule has 25 heavy (non-hydrogen) atoms. The number of rotatable bonds is 4. The van der Waals surface area contributed by atoms with Gasteiger partial charge in [0.25, 0.3) is 0 Å². The van der Waals surface area contributed by atoms with Gasteiger partial charge in [0, 0.05) is 11.1 Å². The first-order valence-corrected chi connectivity index (χ1v) is 9.31. The van der Waals surface area contributed by atoms with Gasteiger partial charge in [0.2, 0.25) is 5.91 Å². The highest BCUT2D eigenvalue weighted by Crippen LogP contribution is 2.35. The maximum Gasteiger partial charge on any atom is 0.238 e. The molecule has 0 aliphatic heterocycles. The fourth-order valence-corrected chi connectivity index (χ4v) is 4.27. The van der Waals surface area contributed by atoms with E-state index in [1.54, 1.807) is 12.1 Å². The Bertz CT molecular complexity index is 771. The zero-order chi connectivity index (χ0) is 18.0. The number of carbonyl (C=O) groups is 1. The van der Waals surface area contributed by atoms with E-state index < -0.39 is 0 Å². The molecule has 1 aliphatic carbocycles. The number of hydrogen-bond donors (Lipinski definition) is 1. The summed E-state index contributed by atoms with van der Waals surface area (Å²) < 4.78 is 0. The summed E-state index contributed by atoms with van der Waals surface area (Å²) >= 11 is 18.2. The van der Waals surface area contributed by atoms with Crippen LogP contribution in [0.15, 0.2) is 36.4 Å². The highest BCUT2D eigenvalue weighted by molar-refractivity contribution is 6.42. The van der Waals surface area contributed by atoms with Gasteiger partial charge >= 0.3 is 0 Å². The third-order valence-electron chi connectivity index (χ3n) is 4.53. The molecule has 0 fully saturated rings. The van der Waals surface area contributed by atoms with Crippen molar-refractivity contribution in [2.45, 2.75) is 25.3 Å². The van der Waals surface area contributed by atoms with Gasteiger partial charge in [-0.1, -0.05) is 59.1 Å². The number of likely N-dealkylation sites (N-methyl/N-ethyl adjacent to an activating group) is 1. The molecule has 0 bridgehead atoms. The molecule has 6 heteroatoms. The number of aryl methyl sites for hydroxylation is 1. The zero-order valence-corrected chi connectivity index (χ0v) is 16.1. The van der Waals surface area contributed by atoms with Crippen LogP contribution in [0.1, 0.15) is 30.0 Å². The van der Waals surface area contributed by atoms with E-state index in [0.29, 0.717) is 20.8 Å². The number of amides is 1. The Kier molecular flexibility index (Phi) is 5.90. The Morgan fingerprint density at radius 2 is 1.88 bits per heavy atom. The van der Waals surface area contributed by atoms with Crippen LogP contribution in [0.3, 0.4) is 0 Å². The summed E-state index contributed by atoms with van der Waals surface area (Å²) in [5.41, 5.74) is 3.08. The maximum absolute atomic E-state index is 12.5. The van der Waals surface area contributed by atoms with Gasteiger partial charge in [-0.15, -0.1) is 0 Å². The molecule has 1 atom stereocenters. The van der Waals surface area contributed by atoms with E-state index in [1.807, 2.05) is 7.05 Å². The molecule has 132 valence electrons. The lowest BCUT2D eigenvalue weighted by atomic mass is 9.87. The van der Waals surface area contributed by atoms with E-state index in [1.165, 1.54) is 11.1 Å². The number of carbonyl (C=O) groups excluding carboxylic acids is 1. The molecule has 0 radical (unpaired) electrons. The van der Waals surface area contributed by atoms with E-state index >= 15 is 0 Å². The molecule has 2 aromatic carbocycles. The first-order valence-electron chi connectivity index (χ1n) is 8.18. The van der Waals surface area contributed by atoms with Crippen molar-refractivity contribution in [1.29, 1.82) is 0 Å². The van der Waals surface area contributed by atoms with Crippen molar-refractivity contribution < 1.29 is 4.79 Å². The second kappa shape index (κ2) is 7.96. The molecular formula is C19H19Cl3N2O. The van der Waals surface area contributed by atoms with E-state index in [9.17, 15) is 4.79 Å². The minimum absolute atomic E-state index is 0.156. The van der Waals surface area contributed by atoms with Crippen molar-refractivity contribution in [3.63, 3.8) is 0 Å². The number of anilines is 1. The minimum atomic E-state index is -0.156. The number of benzene rings is 2. The Labute approximate surface area is 162 Å². The number of halogens is 3. The minimum Gasteiger partial charge on any atom is -0.322 e. The van der Waals surface area contributed by atoms with Gasteiger partial charge in [-0.05, 0) is 49.6 Å². The van der Waals surface area contributed by atoms with Gasteiger partial charge in [0.05, 0.1) is 22.3 Å². The Hall–Kier alpha value is -1.26. The largest absolute Gasteiger partial charge is 0.322 e. The van der Waals surface area contributed by atoms with Crippen LogP contribution >= 0.6 is 34.8 Å². The molecule has 0 unspecified atom stereocenters. The Balaban J connectivity index is 1.70. The number of hydrogen-bond acceptors (Lipinski definition) is 2. The second-order valence-corrected chi connectivity index (χ2v) is 7.57. The summed E-state index contributed by atoms with van der Waals surface area (Å²) in [6.07, 6.45) is 3.27. The van der Waals surface area contributed by atoms with Gasteiger partial charge in [0.15, 0.2) is 0 Å². The van der Waals surface area contributed by atoms with Crippen LogP contribution in [-0.2, 0) is 11.2 Å². The molecule has 2 aromatic rings. The van der Waals surface area contributed by atoms with Crippen LogP contribution in [0.4, 0.5) is 5.69 Å². The van der Waals surface area contributed by atoms with Gasteiger partial charge in [-0.25, -0.2) is 0 Å². The van der Waals surface area contributed by atoms with Crippen molar-refractivity contribution in [2.75, 3.05) is 18.9 Å². The van der Waals surface area contributed by atoms with Crippen molar-refractivity contribution in [2.24, 2.45) is 0 Å². The summed E-state index contributed by atoms with van der Waals surface area (Å²) in [5, 5.41) is 3.89. The summed E-state index contributed by atoms with van der Waals surface area (Å²) in [5.74, 6) is -0.156. The average Bonchev–Trinajstić information content (AvgIpc) is 2.57. The van der Waals surface area contributed by atoms with Gasteiger partial charge < -0.3 is 5.32 Å². The lowest BCUT2D eigenvalue weighted by Gasteiger charge is -2.32. The summed E-state index contributed by atoms with van der Waals surface area (Å²) in [6, 6.07) is 11.8. The van der Waals surface area contributed by atoms with E-state index in [0.717, 1.165) is 19.3 Å². The molecule has 1 amide bonds. The maximum atomic E-state index is 12.5. The van der Waals surface area contributed by atoms with E-state index in [4.69, 9.17) is 34.8 Å². The molecule has 1 N–H and O–H groups in total. The summed E-state index contributed by atoms with van der Waals surface area (Å²) in [6.45, 7) is 0.258. The fourth-order valence-electron chi connectivity index (χ4n) is 3.36. The van der Waals surface area contributed by atoms with Crippen LogP contribution in [-0.4, -0.2) is 24.4 Å². The standard InChI is InChI=1S/C19H19Cl3N2O/c1-24(17-8-4-6-12-5-2-3-7-14(12)17)11-18(25)23-19-15(21)9-13(20)10-16(19)22/h2-3,5,7,9-10,17H,4,6,8,11H2,1H3,(H,23,25)/t17-/m0/s1. The fraction of sp³-hybridized carbons (Fsp3) is 0.316.